The highest BCUT2D eigenvalue weighted by molar-refractivity contribution is 5.85. The molecule has 4 unspecified atom stereocenters. The Morgan fingerprint density at radius 3 is 2.65 bits per heavy atom. The second-order valence-electron chi connectivity index (χ2n) is 11.6. The van der Waals surface area contributed by atoms with Crippen LogP contribution in [0.25, 0.3) is 16.6 Å². The molecule has 4 aromatic heterocycles. The van der Waals surface area contributed by atoms with Crippen LogP contribution in [0.15, 0.2) is 55.1 Å². The van der Waals surface area contributed by atoms with E-state index >= 15 is 0 Å². The van der Waals surface area contributed by atoms with Crippen molar-refractivity contribution >= 4 is 11.3 Å². The molecule has 0 amide bonds. The predicted octanol–water partition coefficient (Wildman–Crippen LogP) is 2.04. The van der Waals surface area contributed by atoms with E-state index in [0.717, 1.165) is 36.6 Å². The second-order valence-corrected chi connectivity index (χ2v) is 11.6. The minimum Gasteiger partial charge on any atom is -0.484 e. The fourth-order valence-electron chi connectivity index (χ4n) is 6.88. The monoisotopic (exact) mass is 581 g/mol. The highest BCUT2D eigenvalue weighted by Crippen LogP contribution is 2.37. The molecule has 4 aromatic rings. The molecule has 1 N–H and O–H groups in total. The minimum atomic E-state index is -0.648. The number of nitriles is 1. The summed E-state index contributed by atoms with van der Waals surface area (Å²) in [5.41, 5.74) is 4.02. The zero-order valence-electron chi connectivity index (χ0n) is 23.6. The number of hydrogen-bond acceptors (Lipinski definition) is 11. The molecule has 9 rings (SSSR count). The molecule has 0 aromatic carbocycles. The van der Waals surface area contributed by atoms with Crippen molar-refractivity contribution in [2.75, 3.05) is 38.3 Å². The van der Waals surface area contributed by atoms with Gasteiger partial charge in [0.2, 0.25) is 5.88 Å². The number of methoxy groups -OCH3 is 1. The number of nitrogens with zero attached hydrogens (tertiary/aromatic N) is 7. The van der Waals surface area contributed by atoms with E-state index in [1.54, 1.807) is 24.0 Å². The van der Waals surface area contributed by atoms with E-state index in [4.69, 9.17) is 23.9 Å². The van der Waals surface area contributed by atoms with Crippen molar-refractivity contribution in [3.63, 3.8) is 0 Å². The Kier molecular flexibility index (Phi) is 6.41. The lowest BCUT2D eigenvalue weighted by Crippen LogP contribution is -2.68. The van der Waals surface area contributed by atoms with Crippen LogP contribution in [0.4, 0.5) is 5.82 Å². The van der Waals surface area contributed by atoms with Crippen LogP contribution in [-0.2, 0) is 16.0 Å². The van der Waals surface area contributed by atoms with Crippen LogP contribution >= 0.6 is 0 Å². The van der Waals surface area contributed by atoms with Gasteiger partial charge in [-0.2, -0.15) is 10.4 Å². The second kappa shape index (κ2) is 10.5. The van der Waals surface area contributed by atoms with Gasteiger partial charge in [0.25, 0.3) is 0 Å². The van der Waals surface area contributed by atoms with Gasteiger partial charge in [-0.3, -0.25) is 4.90 Å². The van der Waals surface area contributed by atoms with Gasteiger partial charge in [-0.15, -0.1) is 0 Å². The molecular weight excluding hydrogens is 550 g/mol. The largest absolute Gasteiger partial charge is 0.484 e. The lowest BCUT2D eigenvalue weighted by atomic mass is 9.87. The number of aliphatic hydroxyl groups excluding tert-OH is 1. The van der Waals surface area contributed by atoms with Crippen molar-refractivity contribution in [3.8, 4) is 28.8 Å². The molecule has 43 heavy (non-hydrogen) atoms. The van der Waals surface area contributed by atoms with Crippen molar-refractivity contribution in [1.29, 1.82) is 5.26 Å². The molecular formula is C31H31N7O5. The van der Waals surface area contributed by atoms with E-state index in [1.165, 1.54) is 12.0 Å². The number of aromatic nitrogens is 4. The summed E-state index contributed by atoms with van der Waals surface area (Å²) in [4.78, 5) is 14.1. The average molecular weight is 582 g/mol. The van der Waals surface area contributed by atoms with Crippen LogP contribution in [0.2, 0.25) is 0 Å². The van der Waals surface area contributed by atoms with Gasteiger partial charge in [0.05, 0.1) is 43.8 Å². The Balaban J connectivity index is 1.00. The maximum atomic E-state index is 10.1. The number of aliphatic hydroxyl groups is 1. The van der Waals surface area contributed by atoms with Gasteiger partial charge in [-0.1, -0.05) is 6.07 Å². The summed E-state index contributed by atoms with van der Waals surface area (Å²) in [6.45, 7) is 3.28. The van der Waals surface area contributed by atoms with Crippen molar-refractivity contribution in [3.05, 3.63) is 66.2 Å². The molecule has 2 bridgehead atoms. The third-order valence-electron chi connectivity index (χ3n) is 9.08. The molecule has 0 aliphatic carbocycles. The highest BCUT2D eigenvalue weighted by atomic mass is 16.6. The first-order chi connectivity index (χ1) is 21.1. The van der Waals surface area contributed by atoms with E-state index < -0.39 is 6.10 Å². The number of hydrogen-bond donors (Lipinski definition) is 1. The molecule has 9 heterocycles. The Morgan fingerprint density at radius 1 is 1.05 bits per heavy atom. The maximum Gasteiger partial charge on any atom is 0.212 e. The molecule has 12 nitrogen and oxygen atoms in total. The number of anilines is 1. The van der Waals surface area contributed by atoms with Gasteiger partial charge in [-0.25, -0.2) is 14.5 Å². The third-order valence-corrected chi connectivity index (χ3v) is 9.08. The van der Waals surface area contributed by atoms with Crippen molar-refractivity contribution in [1.82, 2.24) is 24.5 Å². The smallest absolute Gasteiger partial charge is 0.212 e. The molecule has 0 radical (unpaired) electrons. The molecule has 5 aliphatic heterocycles. The van der Waals surface area contributed by atoms with E-state index in [2.05, 4.69) is 32.0 Å². The topological polar surface area (TPSA) is 130 Å². The Morgan fingerprint density at radius 2 is 1.91 bits per heavy atom. The number of piperidine rings is 1. The molecule has 6 atom stereocenters. The molecule has 0 spiro atoms. The van der Waals surface area contributed by atoms with E-state index in [1.807, 2.05) is 36.7 Å². The summed E-state index contributed by atoms with van der Waals surface area (Å²) in [6.07, 6.45) is 6.54. The highest BCUT2D eigenvalue weighted by Gasteiger charge is 2.48. The van der Waals surface area contributed by atoms with Gasteiger partial charge in [0, 0.05) is 61.3 Å². The van der Waals surface area contributed by atoms with Crippen LogP contribution in [0, 0.1) is 11.3 Å². The van der Waals surface area contributed by atoms with E-state index in [-0.39, 0.29) is 24.9 Å². The molecule has 12 heteroatoms. The first kappa shape index (κ1) is 26.4. The third kappa shape index (κ3) is 4.56. The van der Waals surface area contributed by atoms with Crippen molar-refractivity contribution in [2.24, 2.45) is 0 Å². The average Bonchev–Trinajstić information content (AvgIpc) is 3.76. The normalized spacial score (nSPS) is 28.0. The standard InChI is InChI=1S/C31H31N7O5/c1-40-28-5-2-18(9-34-28)12-37-21-6-22(37)14-36(13-21)27-4-3-19(10-33-27)24-7-23(15-38-29(24)20(8-32)11-35-38)43-26-17-42-30-25(39)16-41-31(26)30/h2-5,7,9-11,15,21-22,25-26,30-31,39H,6,12-14,16-17H2,1H3/t21?,22?,25-,26-,30?,31?/m0/s1. The minimum absolute atomic E-state index is 0.235. The van der Waals surface area contributed by atoms with Crippen LogP contribution in [0.5, 0.6) is 11.6 Å². The molecule has 220 valence electrons. The Labute approximate surface area is 248 Å². The fourth-order valence-corrected chi connectivity index (χ4v) is 6.88. The van der Waals surface area contributed by atoms with Crippen molar-refractivity contribution in [2.45, 2.75) is 49.5 Å². The molecule has 5 saturated heterocycles. The summed E-state index contributed by atoms with van der Waals surface area (Å²) in [5.74, 6) is 2.14. The molecule has 5 fully saturated rings. The summed E-state index contributed by atoms with van der Waals surface area (Å²) in [5, 5.41) is 24.3. The summed E-state index contributed by atoms with van der Waals surface area (Å²) < 4.78 is 24.6. The van der Waals surface area contributed by atoms with Gasteiger partial charge in [-0.05, 0) is 30.2 Å². The van der Waals surface area contributed by atoms with Gasteiger partial charge >= 0.3 is 0 Å². The zero-order valence-corrected chi connectivity index (χ0v) is 23.6. The van der Waals surface area contributed by atoms with Crippen LogP contribution in [0.3, 0.4) is 0 Å². The lowest BCUT2D eigenvalue weighted by Gasteiger charge is -2.56. The molecule has 5 aliphatic rings. The summed E-state index contributed by atoms with van der Waals surface area (Å²) in [6, 6.07) is 13.2. The van der Waals surface area contributed by atoms with Gasteiger partial charge in [0.1, 0.15) is 35.9 Å². The lowest BCUT2D eigenvalue weighted by molar-refractivity contribution is -0.00876. The Bertz CT molecular complexity index is 1680. The number of fused-ring (bicyclic) bond motifs is 4. The number of rotatable bonds is 7. The van der Waals surface area contributed by atoms with Crippen LogP contribution in [0.1, 0.15) is 17.5 Å². The summed E-state index contributed by atoms with van der Waals surface area (Å²) >= 11 is 0. The Hall–Kier alpha value is -4.28. The zero-order chi connectivity index (χ0) is 29.1. The quantitative estimate of drug-likeness (QED) is 0.344. The SMILES string of the molecule is COc1ccc(CN2C3CC2CN(c2ccc(-c4cc(O[C@H]5COC6C5OC[C@@H]6O)cn5ncc(C#N)c45)cn2)C3)cn1. The van der Waals surface area contributed by atoms with Gasteiger partial charge < -0.3 is 29.0 Å². The number of ether oxygens (including phenoxy) is 4. The van der Waals surface area contributed by atoms with Gasteiger partial charge in [0.15, 0.2) is 6.10 Å². The fraction of sp³-hybridized carbons (Fsp3) is 0.419. The molecule has 0 saturated carbocycles. The maximum absolute atomic E-state index is 10.1. The van der Waals surface area contributed by atoms with Crippen LogP contribution < -0.4 is 14.4 Å². The van der Waals surface area contributed by atoms with Crippen LogP contribution in [-0.4, -0.2) is 99.5 Å². The predicted molar refractivity (Wildman–Crippen MR) is 154 cm³/mol. The first-order valence-electron chi connectivity index (χ1n) is 14.5. The van der Waals surface area contributed by atoms with E-state index in [9.17, 15) is 10.4 Å². The van der Waals surface area contributed by atoms with Crippen molar-refractivity contribution < 1.29 is 24.1 Å². The number of pyridine rings is 3. The summed E-state index contributed by atoms with van der Waals surface area (Å²) in [7, 11) is 1.63. The first-order valence-corrected chi connectivity index (χ1v) is 14.5. The van der Waals surface area contributed by atoms with E-state index in [0.29, 0.717) is 41.4 Å². The number of piperazine rings is 1.